The molecule has 248 valence electrons. The highest BCUT2D eigenvalue weighted by Gasteiger charge is 2.38. The second-order valence-electron chi connectivity index (χ2n) is 11.4. The molecule has 3 rings (SSSR count). The summed E-state index contributed by atoms with van der Waals surface area (Å²) in [4.78, 5) is 7.62. The average Bonchev–Trinajstić information content (AvgIpc) is 3.59. The summed E-state index contributed by atoms with van der Waals surface area (Å²) in [5, 5.41) is 3.69. The third kappa shape index (κ3) is 10.2. The van der Waals surface area contributed by atoms with Crippen molar-refractivity contribution in [3.05, 3.63) is 92.7 Å². The van der Waals surface area contributed by atoms with Crippen molar-refractivity contribution >= 4 is 17.2 Å². The number of thiophene rings is 1. The summed E-state index contributed by atoms with van der Waals surface area (Å²) in [6.45, 7) is 10.6. The number of nitrogens with one attached hydrogen (secondary N) is 1. The van der Waals surface area contributed by atoms with Crippen LogP contribution < -0.4 is 5.32 Å². The lowest BCUT2D eigenvalue weighted by Gasteiger charge is -2.31. The molecule has 1 fully saturated rings. The smallest absolute Gasteiger partial charge is 0.393 e. The molecule has 0 aliphatic heterocycles. The van der Waals surface area contributed by atoms with Gasteiger partial charge in [0.15, 0.2) is 11.5 Å². The van der Waals surface area contributed by atoms with E-state index in [9.17, 15) is 13.2 Å². The Morgan fingerprint density at radius 2 is 1.82 bits per heavy atom. The number of halogens is 3. The molecule has 1 aromatic heterocycles. The fourth-order valence-corrected chi connectivity index (χ4v) is 6.90. The van der Waals surface area contributed by atoms with E-state index in [2.05, 4.69) is 54.2 Å². The molecular formula is C35H48F3N3O3S. The maximum Gasteiger partial charge on any atom is 0.393 e. The standard InChI is InChI=1S/C35H48F3N3O3S/c1-9-23(3)33(44-8)31(42-6)16-15-25-11-13-26(14-12-25)17-18-40-27-19-30(32(20-27)43-7)41(5)34(39-10-2)29-21-28(45-24(29)4)22-35(36,37)38/h10-14,16,21,27,30,32,40H,2,9,15,17-20,22H2,1,3-8H3/b31-16+,33-23+,39-34+. The minimum absolute atomic E-state index is 0.00970. The number of benzene rings is 1. The molecule has 45 heavy (non-hydrogen) atoms. The van der Waals surface area contributed by atoms with E-state index in [1.165, 1.54) is 17.3 Å². The molecule has 3 atom stereocenters. The molecular weight excluding hydrogens is 599 g/mol. The van der Waals surface area contributed by atoms with Crippen molar-refractivity contribution in [3.63, 3.8) is 0 Å². The number of hydrogen-bond acceptors (Lipinski definition) is 6. The number of amidine groups is 1. The highest BCUT2D eigenvalue weighted by Crippen LogP contribution is 2.32. The monoisotopic (exact) mass is 647 g/mol. The average molecular weight is 648 g/mol. The Labute approximate surface area is 270 Å². The third-order valence-electron chi connectivity index (χ3n) is 8.36. The van der Waals surface area contributed by atoms with E-state index in [0.717, 1.165) is 72.0 Å². The Hall–Kier alpha value is -3.08. The third-order valence-corrected chi connectivity index (χ3v) is 9.41. The molecule has 10 heteroatoms. The van der Waals surface area contributed by atoms with E-state index in [4.69, 9.17) is 14.2 Å². The van der Waals surface area contributed by atoms with Crippen molar-refractivity contribution in [3.8, 4) is 0 Å². The normalized spacial score (nSPS) is 19.8. The van der Waals surface area contributed by atoms with Gasteiger partial charge in [0.1, 0.15) is 5.84 Å². The van der Waals surface area contributed by atoms with Gasteiger partial charge in [-0.1, -0.05) is 37.8 Å². The SMILES string of the molecule is C=C/N=C(\c1cc(CC(F)(F)F)sc1C)N(C)C1CC(NCCc2ccc(C/C=C(OC)\C(OC)=C(\C)CC)cc2)CC1OC. The van der Waals surface area contributed by atoms with Gasteiger partial charge in [0, 0.05) is 41.7 Å². The number of ether oxygens (including phenoxy) is 3. The molecule has 6 nitrogen and oxygen atoms in total. The van der Waals surface area contributed by atoms with Gasteiger partial charge in [-0.05, 0) is 81.3 Å². The van der Waals surface area contributed by atoms with Crippen molar-refractivity contribution < 1.29 is 27.4 Å². The van der Waals surface area contributed by atoms with E-state index >= 15 is 0 Å². The molecule has 1 aliphatic rings. The highest BCUT2D eigenvalue weighted by molar-refractivity contribution is 7.12. The molecule has 0 bridgehead atoms. The molecule has 0 radical (unpaired) electrons. The zero-order valence-electron chi connectivity index (χ0n) is 27.6. The Balaban J connectivity index is 1.60. The number of aryl methyl sites for hydroxylation is 1. The predicted molar refractivity (Wildman–Crippen MR) is 178 cm³/mol. The molecule has 1 heterocycles. The van der Waals surface area contributed by atoms with Gasteiger partial charge >= 0.3 is 6.18 Å². The first-order chi connectivity index (χ1) is 21.4. The Kier molecular flexibility index (Phi) is 13.8. The molecule has 1 N–H and O–H groups in total. The number of nitrogens with zero attached hydrogens (tertiary/aromatic N) is 2. The summed E-state index contributed by atoms with van der Waals surface area (Å²) in [6.07, 6.45) is 2.43. The number of rotatable bonds is 15. The van der Waals surface area contributed by atoms with E-state index in [1.54, 1.807) is 27.4 Å². The lowest BCUT2D eigenvalue weighted by atomic mass is 10.1. The van der Waals surface area contributed by atoms with Crippen LogP contribution in [-0.2, 0) is 33.5 Å². The number of methoxy groups -OCH3 is 3. The number of allylic oxidation sites excluding steroid dienone is 2. The molecule has 1 aliphatic carbocycles. The maximum atomic E-state index is 13.1. The van der Waals surface area contributed by atoms with Crippen LogP contribution in [0.3, 0.4) is 0 Å². The summed E-state index contributed by atoms with van der Waals surface area (Å²) in [5.74, 6) is 2.15. The Morgan fingerprint density at radius 1 is 1.13 bits per heavy atom. The second kappa shape index (κ2) is 17.0. The topological polar surface area (TPSA) is 55.3 Å². The van der Waals surface area contributed by atoms with E-state index in [0.29, 0.717) is 11.4 Å². The summed E-state index contributed by atoms with van der Waals surface area (Å²) < 4.78 is 56.2. The number of alkyl halides is 3. The predicted octanol–water partition coefficient (Wildman–Crippen LogP) is 7.76. The van der Waals surface area contributed by atoms with E-state index in [1.807, 2.05) is 25.8 Å². The van der Waals surface area contributed by atoms with Crippen LogP contribution in [-0.4, -0.2) is 70.0 Å². The van der Waals surface area contributed by atoms with Crippen LogP contribution in [0.1, 0.15) is 59.6 Å². The molecule has 0 amide bonds. The lowest BCUT2D eigenvalue weighted by molar-refractivity contribution is -0.126. The van der Waals surface area contributed by atoms with Crippen LogP contribution in [0.4, 0.5) is 13.2 Å². The first-order valence-corrected chi connectivity index (χ1v) is 16.2. The number of likely N-dealkylation sites (N-methyl/N-ethyl adjacent to an activating group) is 1. The second-order valence-corrected chi connectivity index (χ2v) is 12.7. The fourth-order valence-electron chi connectivity index (χ4n) is 5.84. The van der Waals surface area contributed by atoms with Gasteiger partial charge in [-0.25, -0.2) is 4.99 Å². The summed E-state index contributed by atoms with van der Waals surface area (Å²) in [6, 6.07) is 10.5. The van der Waals surface area contributed by atoms with Gasteiger partial charge in [-0.15, -0.1) is 11.3 Å². The Morgan fingerprint density at radius 3 is 2.40 bits per heavy atom. The molecule has 1 aromatic carbocycles. The molecule has 2 aromatic rings. The minimum Gasteiger partial charge on any atom is -0.493 e. The van der Waals surface area contributed by atoms with Crippen molar-refractivity contribution in [2.75, 3.05) is 34.9 Å². The fraction of sp³-hybridized carbons (Fsp3) is 0.514. The van der Waals surface area contributed by atoms with Gasteiger partial charge in [0.2, 0.25) is 0 Å². The summed E-state index contributed by atoms with van der Waals surface area (Å²) in [7, 11) is 6.98. The van der Waals surface area contributed by atoms with Crippen molar-refractivity contribution in [2.45, 2.75) is 83.7 Å². The van der Waals surface area contributed by atoms with E-state index in [-0.39, 0.29) is 23.1 Å². The minimum atomic E-state index is -4.26. The van der Waals surface area contributed by atoms with Crippen LogP contribution in [0.5, 0.6) is 0 Å². The van der Waals surface area contributed by atoms with E-state index < -0.39 is 12.6 Å². The summed E-state index contributed by atoms with van der Waals surface area (Å²) >= 11 is 1.16. The van der Waals surface area contributed by atoms with Crippen molar-refractivity contribution in [1.82, 2.24) is 10.2 Å². The Bertz CT molecular complexity index is 1350. The largest absolute Gasteiger partial charge is 0.493 e. The zero-order chi connectivity index (χ0) is 33.1. The molecule has 0 spiro atoms. The van der Waals surface area contributed by atoms with Crippen LogP contribution in [0.2, 0.25) is 0 Å². The molecule has 3 unspecified atom stereocenters. The zero-order valence-corrected chi connectivity index (χ0v) is 28.4. The van der Waals surface area contributed by atoms with Crippen LogP contribution in [0.15, 0.2) is 71.3 Å². The molecule has 0 saturated heterocycles. The van der Waals surface area contributed by atoms with Crippen LogP contribution in [0, 0.1) is 6.92 Å². The molecule has 1 saturated carbocycles. The number of aliphatic imine (C=N–C) groups is 1. The highest BCUT2D eigenvalue weighted by atomic mass is 32.1. The van der Waals surface area contributed by atoms with Gasteiger partial charge < -0.3 is 24.4 Å². The van der Waals surface area contributed by atoms with Crippen molar-refractivity contribution in [2.24, 2.45) is 4.99 Å². The first-order valence-electron chi connectivity index (χ1n) is 15.3. The van der Waals surface area contributed by atoms with Gasteiger partial charge in [0.25, 0.3) is 0 Å². The van der Waals surface area contributed by atoms with Gasteiger partial charge in [-0.3, -0.25) is 0 Å². The van der Waals surface area contributed by atoms with Gasteiger partial charge in [0.05, 0.1) is 32.8 Å². The quantitative estimate of drug-likeness (QED) is 0.0927. The number of hydrogen-bond donors (Lipinski definition) is 1. The maximum absolute atomic E-state index is 13.1. The van der Waals surface area contributed by atoms with Crippen LogP contribution in [0.25, 0.3) is 0 Å². The van der Waals surface area contributed by atoms with Gasteiger partial charge in [-0.2, -0.15) is 13.2 Å². The van der Waals surface area contributed by atoms with Crippen LogP contribution >= 0.6 is 11.3 Å². The first kappa shape index (κ1) is 36.4. The summed E-state index contributed by atoms with van der Waals surface area (Å²) in [5.41, 5.74) is 4.29. The van der Waals surface area contributed by atoms with Crippen molar-refractivity contribution in [1.29, 1.82) is 0 Å². The lowest BCUT2D eigenvalue weighted by Crippen LogP contribution is -2.43.